The maximum absolute atomic E-state index is 11.7. The number of carbonyl (C=O) groups is 1. The molecule has 1 heterocycles. The average Bonchev–Trinajstić information content (AvgIpc) is 2.78. The van der Waals surface area contributed by atoms with Gasteiger partial charge >= 0.3 is 5.97 Å². The molecule has 0 amide bonds. The Hall–Kier alpha value is -1.45. The molecule has 1 atom stereocenters. The molecule has 0 aromatic carbocycles. The maximum Gasteiger partial charge on any atom is 0.322 e. The molecule has 1 aromatic heterocycles. The lowest BCUT2D eigenvalue weighted by molar-refractivity contribution is -0.138. The molecular weight excluding hydrogens is 272 g/mol. The summed E-state index contributed by atoms with van der Waals surface area (Å²) in [5.74, 6) is -1.11. The summed E-state index contributed by atoms with van der Waals surface area (Å²) in [6.45, 7) is 3.94. The molecule has 0 unspecified atom stereocenters. The molecule has 1 aromatic rings. The first-order valence-corrected chi connectivity index (χ1v) is 7.25. The predicted molar refractivity (Wildman–Crippen MR) is 68.6 cm³/mol. The second-order valence-electron chi connectivity index (χ2n) is 4.54. The summed E-state index contributed by atoms with van der Waals surface area (Å²) < 4.78 is 27.7. The zero-order valence-electron chi connectivity index (χ0n) is 10.8. The van der Waals surface area contributed by atoms with Crippen molar-refractivity contribution in [1.82, 2.24) is 19.4 Å². The number of imidazole rings is 1. The van der Waals surface area contributed by atoms with E-state index in [2.05, 4.69) is 19.4 Å². The Morgan fingerprint density at radius 1 is 1.53 bits per heavy atom. The highest BCUT2D eigenvalue weighted by Crippen LogP contribution is 2.00. The number of hydrogen-bond acceptors (Lipinski definition) is 4. The Bertz CT molecular complexity index is 498. The van der Waals surface area contributed by atoms with Crippen LogP contribution in [0.1, 0.15) is 19.5 Å². The number of nitrogens with one attached hydrogen (secondary N) is 3. The zero-order chi connectivity index (χ0) is 14.5. The lowest BCUT2D eigenvalue weighted by Crippen LogP contribution is -2.48. The Morgan fingerprint density at radius 2 is 2.21 bits per heavy atom. The van der Waals surface area contributed by atoms with Crippen LogP contribution < -0.4 is 9.44 Å². The van der Waals surface area contributed by atoms with Gasteiger partial charge in [-0.25, -0.2) is 9.71 Å². The highest BCUT2D eigenvalue weighted by molar-refractivity contribution is 7.87. The maximum atomic E-state index is 11.7. The molecule has 0 fully saturated rings. The fraction of sp³-hybridized carbons (Fsp3) is 0.600. The van der Waals surface area contributed by atoms with Gasteiger partial charge in [0.1, 0.15) is 6.04 Å². The highest BCUT2D eigenvalue weighted by Gasteiger charge is 2.24. The Morgan fingerprint density at radius 3 is 2.68 bits per heavy atom. The molecule has 0 aliphatic carbocycles. The molecular formula is C10H18N4O4S. The number of aromatic nitrogens is 2. The molecule has 0 radical (unpaired) electrons. The van der Waals surface area contributed by atoms with Gasteiger partial charge in [0.05, 0.1) is 6.33 Å². The van der Waals surface area contributed by atoms with Gasteiger partial charge in [-0.3, -0.25) is 4.79 Å². The van der Waals surface area contributed by atoms with E-state index in [1.165, 1.54) is 12.5 Å². The number of hydrogen-bond donors (Lipinski definition) is 4. The molecule has 0 saturated heterocycles. The van der Waals surface area contributed by atoms with Crippen molar-refractivity contribution < 1.29 is 18.3 Å². The summed E-state index contributed by atoms with van der Waals surface area (Å²) >= 11 is 0. The summed E-state index contributed by atoms with van der Waals surface area (Å²) in [6.07, 6.45) is 2.85. The minimum atomic E-state index is -3.84. The third kappa shape index (κ3) is 5.81. The monoisotopic (exact) mass is 290 g/mol. The van der Waals surface area contributed by atoms with E-state index >= 15 is 0 Å². The van der Waals surface area contributed by atoms with Crippen LogP contribution in [0.3, 0.4) is 0 Å². The number of carboxylic acids is 1. The first-order chi connectivity index (χ1) is 8.80. The molecule has 0 bridgehead atoms. The van der Waals surface area contributed by atoms with E-state index in [-0.39, 0.29) is 18.9 Å². The van der Waals surface area contributed by atoms with Crippen LogP contribution in [0.15, 0.2) is 12.5 Å². The standard InChI is InChI=1S/C10H18N4O4S/c1-7(2)4-13-19(17,18)14-9(10(15)16)3-8-5-11-6-12-8/h5-7,9,13-14H,3-4H2,1-2H3,(H,11,12)(H,15,16)/t9-/m1/s1. The number of carboxylic acid groups (broad SMARTS) is 1. The smallest absolute Gasteiger partial charge is 0.322 e. The second-order valence-corrected chi connectivity index (χ2v) is 6.07. The Balaban J connectivity index is 2.65. The van der Waals surface area contributed by atoms with Crippen LogP contribution in [0.2, 0.25) is 0 Å². The molecule has 0 aliphatic rings. The van der Waals surface area contributed by atoms with Gasteiger partial charge in [0.25, 0.3) is 10.2 Å². The zero-order valence-corrected chi connectivity index (χ0v) is 11.6. The van der Waals surface area contributed by atoms with Gasteiger partial charge in [-0.05, 0) is 5.92 Å². The van der Waals surface area contributed by atoms with Gasteiger partial charge in [0, 0.05) is 24.9 Å². The van der Waals surface area contributed by atoms with Crippen LogP contribution >= 0.6 is 0 Å². The van der Waals surface area contributed by atoms with Crippen molar-refractivity contribution in [2.75, 3.05) is 6.54 Å². The summed E-state index contributed by atoms with van der Waals surface area (Å²) in [5.41, 5.74) is 0.541. The van der Waals surface area contributed by atoms with Crippen molar-refractivity contribution >= 4 is 16.2 Å². The molecule has 8 nitrogen and oxygen atoms in total. The molecule has 19 heavy (non-hydrogen) atoms. The quantitative estimate of drug-likeness (QED) is 0.513. The lowest BCUT2D eigenvalue weighted by Gasteiger charge is -2.15. The minimum absolute atomic E-state index is 0.00206. The third-order valence-electron chi connectivity index (χ3n) is 2.26. The summed E-state index contributed by atoms with van der Waals surface area (Å²) in [5, 5.41) is 9.02. The fourth-order valence-electron chi connectivity index (χ4n) is 1.30. The van der Waals surface area contributed by atoms with Crippen molar-refractivity contribution in [3.8, 4) is 0 Å². The molecule has 0 spiro atoms. The Labute approximate surface area is 111 Å². The summed E-state index contributed by atoms with van der Waals surface area (Å²) in [6, 6.07) is -1.25. The largest absolute Gasteiger partial charge is 0.480 e. The average molecular weight is 290 g/mol. The van der Waals surface area contributed by atoms with Crippen LogP contribution in [0.5, 0.6) is 0 Å². The van der Waals surface area contributed by atoms with Gasteiger partial charge < -0.3 is 10.1 Å². The lowest BCUT2D eigenvalue weighted by atomic mass is 10.2. The van der Waals surface area contributed by atoms with Gasteiger partial charge in [0.2, 0.25) is 0 Å². The van der Waals surface area contributed by atoms with Crippen molar-refractivity contribution in [1.29, 1.82) is 0 Å². The van der Waals surface area contributed by atoms with E-state index < -0.39 is 22.2 Å². The van der Waals surface area contributed by atoms with E-state index in [4.69, 9.17) is 5.11 Å². The predicted octanol–water partition coefficient (Wildman–Crippen LogP) is -0.515. The number of H-pyrrole nitrogens is 1. The van der Waals surface area contributed by atoms with Crippen LogP contribution in [-0.2, 0) is 21.4 Å². The summed E-state index contributed by atoms with van der Waals surface area (Å²) in [4.78, 5) is 17.5. The van der Waals surface area contributed by atoms with Crippen molar-refractivity contribution in [2.24, 2.45) is 5.92 Å². The Kier molecular flexibility index (Phi) is 5.45. The molecule has 0 saturated carbocycles. The molecule has 1 rings (SSSR count). The van der Waals surface area contributed by atoms with Crippen LogP contribution in [0, 0.1) is 5.92 Å². The topological polar surface area (TPSA) is 124 Å². The SMILES string of the molecule is CC(C)CNS(=O)(=O)N[C@H](Cc1cnc[nH]1)C(=O)O. The first-order valence-electron chi connectivity index (χ1n) is 5.77. The molecule has 4 N–H and O–H groups in total. The van der Waals surface area contributed by atoms with Crippen molar-refractivity contribution in [2.45, 2.75) is 26.3 Å². The van der Waals surface area contributed by atoms with E-state index in [1.807, 2.05) is 13.8 Å². The number of aliphatic carboxylic acids is 1. The van der Waals surface area contributed by atoms with E-state index in [0.717, 1.165) is 0 Å². The number of aromatic amines is 1. The van der Waals surface area contributed by atoms with Crippen LogP contribution in [0.25, 0.3) is 0 Å². The fourth-order valence-corrected chi connectivity index (χ4v) is 2.50. The third-order valence-corrected chi connectivity index (χ3v) is 3.40. The number of nitrogens with zero attached hydrogens (tertiary/aromatic N) is 1. The molecule has 108 valence electrons. The van der Waals surface area contributed by atoms with E-state index in [9.17, 15) is 13.2 Å². The van der Waals surface area contributed by atoms with Gasteiger partial charge in [-0.15, -0.1) is 0 Å². The van der Waals surface area contributed by atoms with Crippen molar-refractivity contribution in [3.63, 3.8) is 0 Å². The van der Waals surface area contributed by atoms with Crippen LogP contribution in [0.4, 0.5) is 0 Å². The van der Waals surface area contributed by atoms with Crippen LogP contribution in [-0.4, -0.2) is 42.0 Å². The van der Waals surface area contributed by atoms with Crippen molar-refractivity contribution in [3.05, 3.63) is 18.2 Å². The normalized spacial score (nSPS) is 13.6. The van der Waals surface area contributed by atoms with Gasteiger partial charge in [0.15, 0.2) is 0 Å². The summed E-state index contributed by atoms with van der Waals surface area (Å²) in [7, 11) is -3.84. The second kappa shape index (κ2) is 6.64. The van der Waals surface area contributed by atoms with E-state index in [0.29, 0.717) is 5.69 Å². The van der Waals surface area contributed by atoms with Gasteiger partial charge in [-0.1, -0.05) is 13.8 Å². The molecule has 9 heteroatoms. The van der Waals surface area contributed by atoms with Gasteiger partial charge in [-0.2, -0.15) is 13.1 Å². The molecule has 0 aliphatic heterocycles. The highest BCUT2D eigenvalue weighted by atomic mass is 32.2. The first kappa shape index (κ1) is 15.6. The number of rotatable bonds is 8. The minimum Gasteiger partial charge on any atom is -0.480 e. The van der Waals surface area contributed by atoms with E-state index in [1.54, 1.807) is 0 Å².